The topological polar surface area (TPSA) is 21.1 Å². The number of thiophene rings is 1. The van der Waals surface area contributed by atoms with Gasteiger partial charge in [-0.05, 0) is 43.2 Å². The van der Waals surface area contributed by atoms with Gasteiger partial charge in [0, 0.05) is 37.4 Å². The lowest BCUT2D eigenvalue weighted by Gasteiger charge is -2.25. The summed E-state index contributed by atoms with van der Waals surface area (Å²) in [6.45, 7) is 9.52. The lowest BCUT2D eigenvalue weighted by molar-refractivity contribution is 0.204. The molecular formula is C14H21N3S. The Morgan fingerprint density at radius 1 is 1.33 bits per heavy atom. The third-order valence-corrected chi connectivity index (χ3v) is 3.82. The summed E-state index contributed by atoms with van der Waals surface area (Å²) in [7, 11) is 0. The highest BCUT2D eigenvalue weighted by Gasteiger charge is 2.12. The summed E-state index contributed by atoms with van der Waals surface area (Å²) in [4.78, 5) is 2.47. The average Bonchev–Trinajstić information content (AvgIpc) is 2.99. The summed E-state index contributed by atoms with van der Waals surface area (Å²) in [6.07, 6.45) is 4.12. The van der Waals surface area contributed by atoms with E-state index in [4.69, 9.17) is 0 Å². The molecule has 0 spiro atoms. The van der Waals surface area contributed by atoms with Gasteiger partial charge in [0.1, 0.15) is 0 Å². The zero-order chi connectivity index (χ0) is 13.0. The first-order chi connectivity index (χ1) is 8.69. The lowest BCUT2D eigenvalue weighted by Crippen LogP contribution is -2.29. The van der Waals surface area contributed by atoms with Crippen molar-refractivity contribution in [3.63, 3.8) is 0 Å². The van der Waals surface area contributed by atoms with Gasteiger partial charge in [0.15, 0.2) is 0 Å². The van der Waals surface area contributed by atoms with Crippen molar-refractivity contribution >= 4 is 11.3 Å². The van der Waals surface area contributed by atoms with Crippen molar-refractivity contribution in [2.45, 2.75) is 46.4 Å². The maximum absolute atomic E-state index is 4.34. The first-order valence-electron chi connectivity index (χ1n) is 6.45. The van der Waals surface area contributed by atoms with E-state index in [1.165, 1.54) is 11.1 Å². The van der Waals surface area contributed by atoms with Crippen LogP contribution in [0.2, 0.25) is 0 Å². The number of aryl methyl sites for hydroxylation is 1. The second kappa shape index (κ2) is 6.16. The molecule has 98 valence electrons. The van der Waals surface area contributed by atoms with E-state index in [1.807, 2.05) is 10.9 Å². The number of hydrogen-bond acceptors (Lipinski definition) is 3. The minimum Gasteiger partial charge on any atom is -0.292 e. The van der Waals surface area contributed by atoms with Gasteiger partial charge >= 0.3 is 0 Å². The standard InChI is InChI=1S/C14H21N3S/c1-4-17-10-14(7-15-17)9-16(12(2)3)8-13-5-6-18-11-13/h5-7,10-12H,4,8-9H2,1-3H3. The van der Waals surface area contributed by atoms with Crippen molar-refractivity contribution in [1.82, 2.24) is 14.7 Å². The van der Waals surface area contributed by atoms with Crippen molar-refractivity contribution in [2.75, 3.05) is 0 Å². The molecule has 2 rings (SSSR count). The van der Waals surface area contributed by atoms with Crippen molar-refractivity contribution in [1.29, 1.82) is 0 Å². The van der Waals surface area contributed by atoms with E-state index in [0.29, 0.717) is 6.04 Å². The Balaban J connectivity index is 2.02. The third-order valence-electron chi connectivity index (χ3n) is 3.09. The number of rotatable bonds is 6. The van der Waals surface area contributed by atoms with Gasteiger partial charge in [-0.2, -0.15) is 16.4 Å². The van der Waals surface area contributed by atoms with Gasteiger partial charge in [0.2, 0.25) is 0 Å². The quantitative estimate of drug-likeness (QED) is 0.796. The monoisotopic (exact) mass is 263 g/mol. The highest BCUT2D eigenvalue weighted by atomic mass is 32.1. The van der Waals surface area contributed by atoms with Gasteiger partial charge in [0.05, 0.1) is 6.20 Å². The minimum absolute atomic E-state index is 0.537. The fourth-order valence-corrected chi connectivity index (χ4v) is 2.59. The van der Waals surface area contributed by atoms with Crippen molar-refractivity contribution in [3.8, 4) is 0 Å². The van der Waals surface area contributed by atoms with Crippen LogP contribution in [0.3, 0.4) is 0 Å². The highest BCUT2D eigenvalue weighted by molar-refractivity contribution is 7.07. The van der Waals surface area contributed by atoms with Crippen LogP contribution in [0.4, 0.5) is 0 Å². The van der Waals surface area contributed by atoms with E-state index in [1.54, 1.807) is 11.3 Å². The predicted octanol–water partition coefficient (Wildman–Crippen LogP) is 3.38. The molecule has 2 aromatic rings. The van der Waals surface area contributed by atoms with E-state index >= 15 is 0 Å². The summed E-state index contributed by atoms with van der Waals surface area (Å²) < 4.78 is 1.98. The molecule has 2 heterocycles. The lowest BCUT2D eigenvalue weighted by atomic mass is 10.2. The number of aromatic nitrogens is 2. The minimum atomic E-state index is 0.537. The maximum atomic E-state index is 4.34. The second-order valence-electron chi connectivity index (χ2n) is 4.83. The largest absolute Gasteiger partial charge is 0.292 e. The molecule has 3 nitrogen and oxygen atoms in total. The van der Waals surface area contributed by atoms with Gasteiger partial charge in [-0.1, -0.05) is 0 Å². The third kappa shape index (κ3) is 3.43. The van der Waals surface area contributed by atoms with Crippen molar-refractivity contribution in [2.24, 2.45) is 0 Å². The summed E-state index contributed by atoms with van der Waals surface area (Å²) in [5.74, 6) is 0. The summed E-state index contributed by atoms with van der Waals surface area (Å²) in [6, 6.07) is 2.74. The van der Waals surface area contributed by atoms with E-state index in [0.717, 1.165) is 19.6 Å². The molecule has 0 radical (unpaired) electrons. The molecular weight excluding hydrogens is 242 g/mol. The fraction of sp³-hybridized carbons (Fsp3) is 0.500. The Morgan fingerprint density at radius 3 is 2.67 bits per heavy atom. The summed E-state index contributed by atoms with van der Waals surface area (Å²) >= 11 is 1.76. The van der Waals surface area contributed by atoms with Crippen LogP contribution in [0.1, 0.15) is 31.9 Å². The molecule has 0 N–H and O–H groups in total. The molecule has 0 aliphatic heterocycles. The normalized spacial score (nSPS) is 11.6. The van der Waals surface area contributed by atoms with E-state index in [2.05, 4.69) is 53.8 Å². The van der Waals surface area contributed by atoms with Crippen LogP contribution < -0.4 is 0 Å². The molecule has 0 aromatic carbocycles. The molecule has 0 amide bonds. The fourth-order valence-electron chi connectivity index (χ4n) is 1.93. The molecule has 2 aromatic heterocycles. The Bertz CT molecular complexity index is 459. The molecule has 4 heteroatoms. The van der Waals surface area contributed by atoms with Crippen LogP contribution in [-0.4, -0.2) is 20.7 Å². The Kier molecular flexibility index (Phi) is 4.55. The van der Waals surface area contributed by atoms with Gasteiger partial charge < -0.3 is 0 Å². The molecule has 0 fully saturated rings. The van der Waals surface area contributed by atoms with Crippen LogP contribution in [0, 0.1) is 0 Å². The molecule has 0 aliphatic rings. The molecule has 0 aliphatic carbocycles. The van der Waals surface area contributed by atoms with Crippen LogP contribution in [0.15, 0.2) is 29.2 Å². The first-order valence-corrected chi connectivity index (χ1v) is 7.39. The van der Waals surface area contributed by atoms with Crippen LogP contribution in [0.5, 0.6) is 0 Å². The molecule has 0 saturated carbocycles. The van der Waals surface area contributed by atoms with Crippen molar-refractivity contribution in [3.05, 3.63) is 40.3 Å². The van der Waals surface area contributed by atoms with E-state index < -0.39 is 0 Å². The first kappa shape index (κ1) is 13.3. The maximum Gasteiger partial charge on any atom is 0.0534 e. The molecule has 0 saturated heterocycles. The SMILES string of the molecule is CCn1cc(CN(Cc2ccsc2)C(C)C)cn1. The van der Waals surface area contributed by atoms with Crippen LogP contribution in [0.25, 0.3) is 0 Å². The Morgan fingerprint density at radius 2 is 2.11 bits per heavy atom. The van der Waals surface area contributed by atoms with Crippen LogP contribution in [-0.2, 0) is 19.6 Å². The predicted molar refractivity (Wildman–Crippen MR) is 76.6 cm³/mol. The highest BCUT2D eigenvalue weighted by Crippen LogP contribution is 2.14. The zero-order valence-electron chi connectivity index (χ0n) is 11.3. The second-order valence-corrected chi connectivity index (χ2v) is 5.61. The van der Waals surface area contributed by atoms with Gasteiger partial charge in [0.25, 0.3) is 0 Å². The molecule has 0 unspecified atom stereocenters. The van der Waals surface area contributed by atoms with Crippen LogP contribution >= 0.6 is 11.3 Å². The van der Waals surface area contributed by atoms with Gasteiger partial charge in [-0.3, -0.25) is 9.58 Å². The molecule has 0 atom stereocenters. The van der Waals surface area contributed by atoms with Gasteiger partial charge in [-0.25, -0.2) is 0 Å². The summed E-state index contributed by atoms with van der Waals surface area (Å²) in [5.41, 5.74) is 2.69. The van der Waals surface area contributed by atoms with Gasteiger partial charge in [-0.15, -0.1) is 0 Å². The summed E-state index contributed by atoms with van der Waals surface area (Å²) in [5, 5.41) is 8.71. The number of nitrogens with zero attached hydrogens (tertiary/aromatic N) is 3. The van der Waals surface area contributed by atoms with E-state index in [9.17, 15) is 0 Å². The molecule has 18 heavy (non-hydrogen) atoms. The Hall–Kier alpha value is -1.13. The zero-order valence-corrected chi connectivity index (χ0v) is 12.2. The average molecular weight is 263 g/mol. The van der Waals surface area contributed by atoms with E-state index in [-0.39, 0.29) is 0 Å². The molecule has 0 bridgehead atoms. The van der Waals surface area contributed by atoms with Crippen molar-refractivity contribution < 1.29 is 0 Å². The Labute approximate surface area is 113 Å². The smallest absolute Gasteiger partial charge is 0.0534 e. The number of hydrogen-bond donors (Lipinski definition) is 0.